The van der Waals surface area contributed by atoms with Crippen LogP contribution in [-0.4, -0.2) is 12.5 Å². The van der Waals surface area contributed by atoms with Gasteiger partial charge in [0.1, 0.15) is 0 Å². The summed E-state index contributed by atoms with van der Waals surface area (Å²) in [5.41, 5.74) is 9.22. The Morgan fingerprint density at radius 1 is 1.23 bits per heavy atom. The second-order valence-electron chi connectivity index (χ2n) is 5.30. The van der Waals surface area contributed by atoms with Crippen LogP contribution in [-0.2, 0) is 4.79 Å². The van der Waals surface area contributed by atoms with Crippen molar-refractivity contribution in [3.63, 3.8) is 0 Å². The van der Waals surface area contributed by atoms with Crippen LogP contribution in [0.4, 0.5) is 11.4 Å². The van der Waals surface area contributed by atoms with Crippen molar-refractivity contribution in [2.24, 2.45) is 0 Å². The first kappa shape index (κ1) is 14.2. The van der Waals surface area contributed by atoms with Gasteiger partial charge in [-0.2, -0.15) is 0 Å². The molecule has 1 amide bonds. The largest absolute Gasteiger partial charge is 0.449 e. The highest BCUT2D eigenvalue weighted by molar-refractivity contribution is 6.10. The van der Waals surface area contributed by atoms with Gasteiger partial charge in [-0.05, 0) is 43.7 Å². The first-order chi connectivity index (χ1) is 10.6. The zero-order valence-corrected chi connectivity index (χ0v) is 12.7. The van der Waals surface area contributed by atoms with E-state index in [1.807, 2.05) is 38.1 Å². The van der Waals surface area contributed by atoms with Gasteiger partial charge >= 0.3 is 0 Å². The number of carbonyl (C=O) groups excluding carboxylic acids is 1. The molecule has 1 heterocycles. The summed E-state index contributed by atoms with van der Waals surface area (Å²) in [6.45, 7) is 4.51. The molecular formula is C18H18N2O2. The van der Waals surface area contributed by atoms with Crippen molar-refractivity contribution in [2.45, 2.75) is 13.8 Å². The molecule has 0 saturated heterocycles. The number of aryl methyl sites for hydroxylation is 1. The molecule has 3 rings (SSSR count). The van der Waals surface area contributed by atoms with Gasteiger partial charge in [0.2, 0.25) is 0 Å². The van der Waals surface area contributed by atoms with Crippen molar-refractivity contribution in [3.05, 3.63) is 59.4 Å². The standard InChI is InChI=1S/C18H18N2O2/c1-3-20-15-11-14(19)7-8-16(15)22-17(18(20)21)10-13-6-4-5-12(2)9-13/h4-11H,3,19H2,1-2H3/b17-10+. The molecule has 1 aliphatic heterocycles. The highest BCUT2D eigenvalue weighted by Gasteiger charge is 2.29. The third kappa shape index (κ3) is 2.55. The average molecular weight is 294 g/mol. The third-order valence-electron chi connectivity index (χ3n) is 3.61. The topological polar surface area (TPSA) is 55.6 Å². The van der Waals surface area contributed by atoms with Crippen molar-refractivity contribution >= 4 is 23.4 Å². The highest BCUT2D eigenvalue weighted by atomic mass is 16.5. The minimum absolute atomic E-state index is 0.151. The molecule has 2 aromatic rings. The fraction of sp³-hybridized carbons (Fsp3) is 0.167. The van der Waals surface area contributed by atoms with Gasteiger partial charge < -0.3 is 15.4 Å². The van der Waals surface area contributed by atoms with Crippen LogP contribution in [0.1, 0.15) is 18.1 Å². The molecule has 0 fully saturated rings. The Morgan fingerprint density at radius 2 is 2.05 bits per heavy atom. The Morgan fingerprint density at radius 3 is 2.77 bits per heavy atom. The molecule has 2 N–H and O–H groups in total. The second kappa shape index (κ2) is 5.56. The van der Waals surface area contributed by atoms with Gasteiger partial charge in [0, 0.05) is 12.2 Å². The number of benzene rings is 2. The summed E-state index contributed by atoms with van der Waals surface area (Å²) in [7, 11) is 0. The summed E-state index contributed by atoms with van der Waals surface area (Å²) in [5, 5.41) is 0. The Labute approximate surface area is 129 Å². The van der Waals surface area contributed by atoms with Gasteiger partial charge in [0.15, 0.2) is 11.5 Å². The number of hydrogen-bond donors (Lipinski definition) is 1. The van der Waals surface area contributed by atoms with Crippen LogP contribution < -0.4 is 15.4 Å². The molecule has 0 aliphatic carbocycles. The number of nitrogen functional groups attached to an aromatic ring is 1. The van der Waals surface area contributed by atoms with Crippen molar-refractivity contribution in [3.8, 4) is 5.75 Å². The molecule has 0 spiro atoms. The van der Waals surface area contributed by atoms with Gasteiger partial charge in [-0.15, -0.1) is 0 Å². The van der Waals surface area contributed by atoms with Crippen LogP contribution in [0, 0.1) is 6.92 Å². The molecule has 4 heteroatoms. The zero-order chi connectivity index (χ0) is 15.7. The first-order valence-electron chi connectivity index (χ1n) is 7.26. The quantitative estimate of drug-likeness (QED) is 0.682. The Balaban J connectivity index is 2.05. The fourth-order valence-corrected chi connectivity index (χ4v) is 2.55. The van der Waals surface area contributed by atoms with E-state index in [2.05, 4.69) is 0 Å². The lowest BCUT2D eigenvalue weighted by molar-refractivity contribution is -0.117. The van der Waals surface area contributed by atoms with E-state index in [0.29, 0.717) is 29.4 Å². The monoisotopic (exact) mass is 294 g/mol. The van der Waals surface area contributed by atoms with Gasteiger partial charge in [-0.25, -0.2) is 0 Å². The maximum absolute atomic E-state index is 12.6. The number of anilines is 2. The molecule has 0 radical (unpaired) electrons. The second-order valence-corrected chi connectivity index (χ2v) is 5.30. The number of hydrogen-bond acceptors (Lipinski definition) is 3. The predicted molar refractivity (Wildman–Crippen MR) is 88.7 cm³/mol. The lowest BCUT2D eigenvalue weighted by Crippen LogP contribution is -2.37. The number of carbonyl (C=O) groups is 1. The van der Waals surface area contributed by atoms with E-state index in [1.54, 1.807) is 29.2 Å². The van der Waals surface area contributed by atoms with E-state index < -0.39 is 0 Å². The van der Waals surface area contributed by atoms with Gasteiger partial charge in [-0.3, -0.25) is 4.79 Å². The molecule has 4 nitrogen and oxygen atoms in total. The highest BCUT2D eigenvalue weighted by Crippen LogP contribution is 2.37. The number of nitrogens with two attached hydrogens (primary N) is 1. The summed E-state index contributed by atoms with van der Waals surface area (Å²) in [6, 6.07) is 13.3. The summed E-state index contributed by atoms with van der Waals surface area (Å²) < 4.78 is 5.79. The third-order valence-corrected chi connectivity index (χ3v) is 3.61. The first-order valence-corrected chi connectivity index (χ1v) is 7.26. The number of likely N-dealkylation sites (N-methyl/N-ethyl adjacent to an activating group) is 1. The molecule has 22 heavy (non-hydrogen) atoms. The van der Waals surface area contributed by atoms with Gasteiger partial charge in [-0.1, -0.05) is 29.8 Å². The van der Waals surface area contributed by atoms with Crippen molar-refractivity contribution < 1.29 is 9.53 Å². The van der Waals surface area contributed by atoms with E-state index in [-0.39, 0.29) is 5.91 Å². The Hall–Kier alpha value is -2.75. The SMILES string of the molecule is CCN1C(=O)/C(=C\c2cccc(C)c2)Oc2ccc(N)cc21. The summed E-state index contributed by atoms with van der Waals surface area (Å²) in [4.78, 5) is 14.3. The molecule has 112 valence electrons. The van der Waals surface area contributed by atoms with Crippen LogP contribution in [0.5, 0.6) is 5.75 Å². The van der Waals surface area contributed by atoms with E-state index >= 15 is 0 Å². The Kier molecular flexibility index (Phi) is 3.59. The van der Waals surface area contributed by atoms with Crippen LogP contribution in [0.2, 0.25) is 0 Å². The van der Waals surface area contributed by atoms with E-state index in [1.165, 1.54) is 0 Å². The normalized spacial score (nSPS) is 15.6. The smallest absolute Gasteiger partial charge is 0.294 e. The molecule has 0 unspecified atom stereocenters. The van der Waals surface area contributed by atoms with Crippen LogP contribution >= 0.6 is 0 Å². The molecule has 0 saturated carbocycles. The number of amides is 1. The van der Waals surface area contributed by atoms with Crippen LogP contribution in [0.15, 0.2) is 48.2 Å². The fourth-order valence-electron chi connectivity index (χ4n) is 2.55. The number of nitrogens with zero attached hydrogens (tertiary/aromatic N) is 1. The molecule has 2 aromatic carbocycles. The molecular weight excluding hydrogens is 276 g/mol. The number of rotatable bonds is 2. The van der Waals surface area contributed by atoms with Crippen molar-refractivity contribution in [1.82, 2.24) is 0 Å². The van der Waals surface area contributed by atoms with E-state index in [9.17, 15) is 4.79 Å². The van der Waals surface area contributed by atoms with Gasteiger partial charge in [0.25, 0.3) is 5.91 Å². The van der Waals surface area contributed by atoms with Crippen molar-refractivity contribution in [2.75, 3.05) is 17.2 Å². The van der Waals surface area contributed by atoms with E-state index in [4.69, 9.17) is 10.5 Å². The summed E-state index contributed by atoms with van der Waals surface area (Å²) in [5.74, 6) is 0.821. The molecule has 0 atom stereocenters. The van der Waals surface area contributed by atoms with Gasteiger partial charge in [0.05, 0.1) is 5.69 Å². The number of fused-ring (bicyclic) bond motifs is 1. The predicted octanol–water partition coefficient (Wildman–Crippen LogP) is 3.36. The summed E-state index contributed by atoms with van der Waals surface area (Å²) in [6.07, 6.45) is 1.78. The minimum atomic E-state index is -0.151. The zero-order valence-electron chi connectivity index (χ0n) is 12.7. The maximum Gasteiger partial charge on any atom is 0.294 e. The van der Waals surface area contributed by atoms with Crippen LogP contribution in [0.3, 0.4) is 0 Å². The average Bonchev–Trinajstić information content (AvgIpc) is 2.49. The molecule has 0 aromatic heterocycles. The maximum atomic E-state index is 12.6. The molecule has 1 aliphatic rings. The Bertz CT molecular complexity index is 765. The number of ether oxygens (including phenoxy) is 1. The minimum Gasteiger partial charge on any atom is -0.449 e. The van der Waals surface area contributed by atoms with Crippen LogP contribution in [0.25, 0.3) is 6.08 Å². The summed E-state index contributed by atoms with van der Waals surface area (Å²) >= 11 is 0. The lowest BCUT2D eigenvalue weighted by atomic mass is 10.1. The van der Waals surface area contributed by atoms with E-state index in [0.717, 1.165) is 11.1 Å². The van der Waals surface area contributed by atoms with Crippen molar-refractivity contribution in [1.29, 1.82) is 0 Å². The molecule has 0 bridgehead atoms. The lowest BCUT2D eigenvalue weighted by Gasteiger charge is -2.29.